The summed E-state index contributed by atoms with van der Waals surface area (Å²) >= 11 is 0. The molecule has 0 aromatic rings. The van der Waals surface area contributed by atoms with Crippen molar-refractivity contribution in [2.24, 2.45) is 11.8 Å². The third-order valence-electron chi connectivity index (χ3n) is 5.13. The maximum atomic E-state index is 12.7. The molecule has 1 N–H and O–H groups in total. The first-order valence-corrected chi connectivity index (χ1v) is 8.16. The number of amides is 1. The molecule has 0 bridgehead atoms. The molecule has 1 aliphatic heterocycles. The molecule has 0 spiro atoms. The van der Waals surface area contributed by atoms with Gasteiger partial charge in [0.05, 0.1) is 12.2 Å². The van der Waals surface area contributed by atoms with E-state index in [-0.39, 0.29) is 12.2 Å². The molecule has 3 heteroatoms. The minimum absolute atomic E-state index is 0.0483. The van der Waals surface area contributed by atoms with Crippen molar-refractivity contribution in [2.45, 2.75) is 84.5 Å². The second-order valence-electron chi connectivity index (χ2n) is 6.63. The standard InChI is InChI=1S/C16H30N2O/c1-5-12(4)15-16(19)18(14(6-2)17-15)13-9-7-8-11(3)10-13/h11-15,17H,5-10H2,1-4H3. The van der Waals surface area contributed by atoms with Crippen LogP contribution >= 0.6 is 0 Å². The average Bonchev–Trinajstić information content (AvgIpc) is 2.74. The molecule has 0 aromatic carbocycles. The highest BCUT2D eigenvalue weighted by molar-refractivity contribution is 5.85. The Morgan fingerprint density at radius 1 is 1.37 bits per heavy atom. The molecule has 2 fully saturated rings. The summed E-state index contributed by atoms with van der Waals surface area (Å²) in [5.74, 6) is 1.57. The van der Waals surface area contributed by atoms with Gasteiger partial charge in [-0.05, 0) is 31.1 Å². The summed E-state index contributed by atoms with van der Waals surface area (Å²) < 4.78 is 0. The fourth-order valence-electron chi connectivity index (χ4n) is 3.72. The Kier molecular flexibility index (Phi) is 4.88. The Balaban J connectivity index is 2.11. The normalized spacial score (nSPS) is 37.7. The molecule has 0 aromatic heterocycles. The molecule has 1 amide bonds. The predicted molar refractivity (Wildman–Crippen MR) is 78.7 cm³/mol. The summed E-state index contributed by atoms with van der Waals surface area (Å²) in [5.41, 5.74) is 0. The Morgan fingerprint density at radius 2 is 2.11 bits per heavy atom. The first-order valence-electron chi connectivity index (χ1n) is 8.16. The van der Waals surface area contributed by atoms with E-state index in [0.717, 1.165) is 18.8 Å². The molecular formula is C16H30N2O. The highest BCUT2D eigenvalue weighted by Gasteiger charge is 2.43. The second-order valence-corrected chi connectivity index (χ2v) is 6.63. The van der Waals surface area contributed by atoms with Crippen LogP contribution in [0.25, 0.3) is 0 Å². The van der Waals surface area contributed by atoms with Crippen molar-refractivity contribution >= 4 is 5.91 Å². The Bertz CT molecular complexity index is 318. The van der Waals surface area contributed by atoms with Crippen molar-refractivity contribution in [3.05, 3.63) is 0 Å². The monoisotopic (exact) mass is 266 g/mol. The third kappa shape index (κ3) is 2.96. The van der Waals surface area contributed by atoms with Crippen molar-refractivity contribution in [3.63, 3.8) is 0 Å². The fourth-order valence-corrected chi connectivity index (χ4v) is 3.72. The molecule has 110 valence electrons. The van der Waals surface area contributed by atoms with Crippen LogP contribution in [0, 0.1) is 11.8 Å². The van der Waals surface area contributed by atoms with E-state index in [4.69, 9.17) is 0 Å². The lowest BCUT2D eigenvalue weighted by atomic mass is 9.86. The van der Waals surface area contributed by atoms with Crippen LogP contribution in [-0.2, 0) is 4.79 Å². The van der Waals surface area contributed by atoms with Crippen LogP contribution in [0.5, 0.6) is 0 Å². The van der Waals surface area contributed by atoms with Gasteiger partial charge in [0, 0.05) is 6.04 Å². The van der Waals surface area contributed by atoms with E-state index >= 15 is 0 Å². The molecular weight excluding hydrogens is 236 g/mol. The quantitative estimate of drug-likeness (QED) is 0.848. The molecule has 1 saturated heterocycles. The smallest absolute Gasteiger partial charge is 0.241 e. The van der Waals surface area contributed by atoms with E-state index in [1.54, 1.807) is 0 Å². The van der Waals surface area contributed by atoms with Crippen LogP contribution in [0.4, 0.5) is 0 Å². The molecule has 0 radical (unpaired) electrons. The Labute approximate surface area is 118 Å². The SMILES string of the molecule is CCC(C)C1NC(CC)N(C2CCCC(C)C2)C1=O. The van der Waals surface area contributed by atoms with Crippen LogP contribution in [0.2, 0.25) is 0 Å². The summed E-state index contributed by atoms with van der Waals surface area (Å²) in [5, 5.41) is 3.58. The molecule has 5 atom stereocenters. The topological polar surface area (TPSA) is 32.3 Å². The average molecular weight is 266 g/mol. The van der Waals surface area contributed by atoms with E-state index in [1.807, 2.05) is 0 Å². The molecule has 2 rings (SSSR count). The van der Waals surface area contributed by atoms with E-state index in [0.29, 0.717) is 17.9 Å². The summed E-state index contributed by atoms with van der Waals surface area (Å²) in [4.78, 5) is 14.9. The lowest BCUT2D eigenvalue weighted by Gasteiger charge is -2.37. The highest BCUT2D eigenvalue weighted by Crippen LogP contribution is 2.32. The molecule has 2 aliphatic rings. The van der Waals surface area contributed by atoms with Crippen LogP contribution in [-0.4, -0.2) is 29.1 Å². The van der Waals surface area contributed by atoms with Gasteiger partial charge in [-0.3, -0.25) is 10.1 Å². The summed E-state index contributed by atoms with van der Waals surface area (Å²) in [7, 11) is 0. The fraction of sp³-hybridized carbons (Fsp3) is 0.938. The van der Waals surface area contributed by atoms with Crippen LogP contribution in [0.3, 0.4) is 0 Å². The number of carbonyl (C=O) groups excluding carboxylic acids is 1. The Hall–Kier alpha value is -0.570. The van der Waals surface area contributed by atoms with E-state index in [1.165, 1.54) is 25.7 Å². The van der Waals surface area contributed by atoms with Gasteiger partial charge in [0.15, 0.2) is 0 Å². The molecule has 19 heavy (non-hydrogen) atoms. The van der Waals surface area contributed by atoms with Crippen LogP contribution in [0.1, 0.15) is 66.2 Å². The maximum absolute atomic E-state index is 12.7. The summed E-state index contributed by atoms with van der Waals surface area (Å²) in [6.45, 7) is 8.87. The largest absolute Gasteiger partial charge is 0.323 e. The van der Waals surface area contributed by atoms with Gasteiger partial charge >= 0.3 is 0 Å². The highest BCUT2D eigenvalue weighted by atomic mass is 16.2. The van der Waals surface area contributed by atoms with Crippen molar-refractivity contribution in [1.29, 1.82) is 0 Å². The number of rotatable bonds is 4. The van der Waals surface area contributed by atoms with Crippen molar-refractivity contribution in [3.8, 4) is 0 Å². The summed E-state index contributed by atoms with van der Waals surface area (Å²) in [6.07, 6.45) is 7.34. The molecule has 1 saturated carbocycles. The number of carbonyl (C=O) groups is 1. The zero-order valence-corrected chi connectivity index (χ0v) is 13.0. The number of nitrogens with one attached hydrogen (secondary N) is 1. The van der Waals surface area contributed by atoms with Gasteiger partial charge in [0.25, 0.3) is 0 Å². The van der Waals surface area contributed by atoms with Crippen LogP contribution < -0.4 is 5.32 Å². The first kappa shape index (κ1) is 14.8. The Morgan fingerprint density at radius 3 is 2.68 bits per heavy atom. The van der Waals surface area contributed by atoms with E-state index < -0.39 is 0 Å². The molecule has 1 heterocycles. The van der Waals surface area contributed by atoms with Gasteiger partial charge in [-0.2, -0.15) is 0 Å². The first-order chi connectivity index (χ1) is 9.08. The molecule has 1 aliphatic carbocycles. The van der Waals surface area contributed by atoms with E-state index in [2.05, 4.69) is 37.9 Å². The van der Waals surface area contributed by atoms with Gasteiger partial charge in [-0.25, -0.2) is 0 Å². The third-order valence-corrected chi connectivity index (χ3v) is 5.13. The van der Waals surface area contributed by atoms with Crippen molar-refractivity contribution in [2.75, 3.05) is 0 Å². The van der Waals surface area contributed by atoms with Gasteiger partial charge < -0.3 is 4.90 Å². The summed E-state index contributed by atoms with van der Waals surface area (Å²) in [6, 6.07) is 0.523. The number of hydrogen-bond donors (Lipinski definition) is 1. The lowest BCUT2D eigenvalue weighted by Crippen LogP contribution is -2.46. The minimum atomic E-state index is 0.0483. The van der Waals surface area contributed by atoms with Gasteiger partial charge in [-0.15, -0.1) is 0 Å². The maximum Gasteiger partial charge on any atom is 0.241 e. The van der Waals surface area contributed by atoms with E-state index in [9.17, 15) is 4.79 Å². The van der Waals surface area contributed by atoms with Crippen molar-refractivity contribution in [1.82, 2.24) is 10.2 Å². The minimum Gasteiger partial charge on any atom is -0.323 e. The molecule has 5 unspecified atom stereocenters. The van der Waals surface area contributed by atoms with Gasteiger partial charge in [-0.1, -0.05) is 47.0 Å². The van der Waals surface area contributed by atoms with Crippen LogP contribution in [0.15, 0.2) is 0 Å². The second kappa shape index (κ2) is 6.25. The predicted octanol–water partition coefficient (Wildman–Crippen LogP) is 3.15. The van der Waals surface area contributed by atoms with Gasteiger partial charge in [0.1, 0.15) is 0 Å². The number of hydrogen-bond acceptors (Lipinski definition) is 2. The molecule has 3 nitrogen and oxygen atoms in total. The van der Waals surface area contributed by atoms with Gasteiger partial charge in [0.2, 0.25) is 5.91 Å². The zero-order valence-electron chi connectivity index (χ0n) is 13.0. The number of nitrogens with zero attached hydrogens (tertiary/aromatic N) is 1. The van der Waals surface area contributed by atoms with Crippen molar-refractivity contribution < 1.29 is 4.79 Å². The lowest BCUT2D eigenvalue weighted by molar-refractivity contribution is -0.134. The zero-order chi connectivity index (χ0) is 14.0.